The van der Waals surface area contributed by atoms with Crippen molar-refractivity contribution in [1.29, 1.82) is 0 Å². The third kappa shape index (κ3) is 3.87. The van der Waals surface area contributed by atoms with Crippen LogP contribution in [-0.4, -0.2) is 31.1 Å². The molecule has 0 N–H and O–H groups in total. The molecule has 0 unspecified atom stereocenters. The summed E-state index contributed by atoms with van der Waals surface area (Å²) in [5.41, 5.74) is 5.15. The largest absolute Gasteiger partial charge is 0.312 e. The number of benzene rings is 2. The molecule has 1 aliphatic heterocycles. The molecule has 2 aromatic carbocycles. The maximum Gasteiger partial charge on any atom is 0.231 e. The van der Waals surface area contributed by atoms with Crippen molar-refractivity contribution < 1.29 is 13.2 Å². The molecule has 30 heavy (non-hydrogen) atoms. The second-order valence-electron chi connectivity index (χ2n) is 7.79. The molecular weight excluding hydrogens is 396 g/mol. The quantitative estimate of drug-likeness (QED) is 0.624. The van der Waals surface area contributed by atoms with Crippen molar-refractivity contribution in [3.63, 3.8) is 0 Å². The van der Waals surface area contributed by atoms with Crippen LogP contribution >= 0.6 is 0 Å². The fraction of sp³-hybridized carbons (Fsp3) is 0.250. The zero-order valence-electron chi connectivity index (χ0n) is 17.1. The highest BCUT2D eigenvalue weighted by molar-refractivity contribution is 7.92. The van der Waals surface area contributed by atoms with E-state index in [-0.39, 0.29) is 12.3 Å². The number of anilines is 1. The molecule has 4 rings (SSSR count). The van der Waals surface area contributed by atoms with Gasteiger partial charge in [-0.3, -0.25) is 9.78 Å². The monoisotopic (exact) mass is 420 g/mol. The van der Waals surface area contributed by atoms with E-state index >= 15 is 0 Å². The lowest BCUT2D eigenvalue weighted by molar-refractivity contribution is -0.117. The first-order valence-electron chi connectivity index (χ1n) is 10.0. The van der Waals surface area contributed by atoms with Crippen molar-refractivity contribution in [2.45, 2.75) is 36.8 Å². The van der Waals surface area contributed by atoms with Crippen LogP contribution in [0.4, 0.5) is 5.69 Å². The molecular formula is C24H24N2O3S. The molecule has 154 valence electrons. The van der Waals surface area contributed by atoms with Crippen LogP contribution < -0.4 is 4.90 Å². The number of pyridine rings is 1. The van der Waals surface area contributed by atoms with Gasteiger partial charge in [0.2, 0.25) is 5.91 Å². The lowest BCUT2D eigenvalue weighted by Crippen LogP contribution is -2.30. The number of hydrogen-bond donors (Lipinski definition) is 0. The lowest BCUT2D eigenvalue weighted by atomic mass is 10.0. The van der Waals surface area contributed by atoms with Gasteiger partial charge in [-0.15, -0.1) is 0 Å². The highest BCUT2D eigenvalue weighted by Gasteiger charge is 2.25. The highest BCUT2D eigenvalue weighted by Crippen LogP contribution is 2.32. The minimum Gasteiger partial charge on any atom is -0.312 e. The molecule has 0 bridgehead atoms. The SMILES string of the molecule is CC(C)S(=O)(=O)c1ccc(CC(=O)N2CCc3cc(-c4ccncc4)ccc32)cc1. The van der Waals surface area contributed by atoms with E-state index in [0.29, 0.717) is 11.4 Å². The predicted octanol–water partition coefficient (Wildman–Crippen LogP) is 4.06. The molecule has 6 heteroatoms. The van der Waals surface area contributed by atoms with Crippen LogP contribution in [0.15, 0.2) is 71.9 Å². The summed E-state index contributed by atoms with van der Waals surface area (Å²) in [7, 11) is -3.30. The number of rotatable bonds is 5. The Morgan fingerprint density at radius 2 is 1.70 bits per heavy atom. The van der Waals surface area contributed by atoms with Gasteiger partial charge in [-0.1, -0.05) is 18.2 Å². The summed E-state index contributed by atoms with van der Waals surface area (Å²) in [6.07, 6.45) is 4.62. The van der Waals surface area contributed by atoms with Crippen LogP contribution in [0.3, 0.4) is 0 Å². The molecule has 1 aliphatic rings. The van der Waals surface area contributed by atoms with Gasteiger partial charge in [0.15, 0.2) is 9.84 Å². The molecule has 1 aromatic heterocycles. The Hall–Kier alpha value is -2.99. The van der Waals surface area contributed by atoms with Gasteiger partial charge in [-0.25, -0.2) is 8.42 Å². The average Bonchev–Trinajstić information content (AvgIpc) is 3.18. The van der Waals surface area contributed by atoms with Gasteiger partial charge >= 0.3 is 0 Å². The Balaban J connectivity index is 1.50. The van der Waals surface area contributed by atoms with Crippen molar-refractivity contribution in [3.8, 4) is 11.1 Å². The average molecular weight is 421 g/mol. The first-order chi connectivity index (χ1) is 14.4. The molecule has 0 atom stereocenters. The number of carbonyl (C=O) groups excluding carboxylic acids is 1. The fourth-order valence-corrected chi connectivity index (χ4v) is 4.78. The van der Waals surface area contributed by atoms with Gasteiger partial charge in [-0.2, -0.15) is 0 Å². The van der Waals surface area contributed by atoms with Crippen molar-refractivity contribution in [2.75, 3.05) is 11.4 Å². The normalized spacial score (nSPS) is 13.5. The van der Waals surface area contributed by atoms with Crippen LogP contribution in [0.1, 0.15) is 25.0 Å². The van der Waals surface area contributed by atoms with Crippen molar-refractivity contribution >= 4 is 21.4 Å². The molecule has 2 heterocycles. The third-order valence-corrected chi connectivity index (χ3v) is 7.69. The first-order valence-corrected chi connectivity index (χ1v) is 11.6. The van der Waals surface area contributed by atoms with E-state index in [4.69, 9.17) is 0 Å². The number of amides is 1. The van der Waals surface area contributed by atoms with E-state index in [9.17, 15) is 13.2 Å². The smallest absolute Gasteiger partial charge is 0.231 e. The van der Waals surface area contributed by atoms with E-state index in [1.807, 2.05) is 29.2 Å². The van der Waals surface area contributed by atoms with Crippen molar-refractivity contribution in [1.82, 2.24) is 4.98 Å². The molecule has 0 spiro atoms. The molecule has 0 fully saturated rings. The topological polar surface area (TPSA) is 67.3 Å². The van der Waals surface area contributed by atoms with Gasteiger partial charge < -0.3 is 4.90 Å². The van der Waals surface area contributed by atoms with Crippen LogP contribution in [0.25, 0.3) is 11.1 Å². The third-order valence-electron chi connectivity index (χ3n) is 5.52. The van der Waals surface area contributed by atoms with Crippen LogP contribution in [-0.2, 0) is 27.5 Å². The summed E-state index contributed by atoms with van der Waals surface area (Å²) in [5, 5.41) is -0.469. The van der Waals surface area contributed by atoms with Crippen LogP contribution in [0.2, 0.25) is 0 Å². The summed E-state index contributed by atoms with van der Waals surface area (Å²) in [4.78, 5) is 19.1. The Bertz CT molecular complexity index is 1170. The summed E-state index contributed by atoms with van der Waals surface area (Å²) in [6.45, 7) is 3.99. The first kappa shape index (κ1) is 20.3. The molecule has 0 saturated carbocycles. The zero-order chi connectivity index (χ0) is 21.3. The van der Waals surface area contributed by atoms with Crippen molar-refractivity contribution in [3.05, 3.63) is 78.1 Å². The van der Waals surface area contributed by atoms with E-state index < -0.39 is 15.1 Å². The Kier molecular flexibility index (Phi) is 5.43. The van der Waals surface area contributed by atoms with Crippen LogP contribution in [0, 0.1) is 0 Å². The van der Waals surface area contributed by atoms with Crippen LogP contribution in [0.5, 0.6) is 0 Å². The fourth-order valence-electron chi connectivity index (χ4n) is 3.72. The second-order valence-corrected chi connectivity index (χ2v) is 10.3. The summed E-state index contributed by atoms with van der Waals surface area (Å²) in [5.74, 6) is 0.0184. The summed E-state index contributed by atoms with van der Waals surface area (Å²) < 4.78 is 24.5. The highest BCUT2D eigenvalue weighted by atomic mass is 32.2. The number of aromatic nitrogens is 1. The van der Waals surface area contributed by atoms with E-state index in [0.717, 1.165) is 34.4 Å². The molecule has 5 nitrogen and oxygen atoms in total. The molecule has 0 radical (unpaired) electrons. The number of hydrogen-bond acceptors (Lipinski definition) is 4. The summed E-state index contributed by atoms with van der Waals surface area (Å²) >= 11 is 0. The number of sulfone groups is 1. The van der Waals surface area contributed by atoms with Crippen molar-refractivity contribution in [2.24, 2.45) is 0 Å². The lowest BCUT2D eigenvalue weighted by Gasteiger charge is -2.18. The number of nitrogens with zero attached hydrogens (tertiary/aromatic N) is 2. The van der Waals surface area contributed by atoms with Gasteiger partial charge in [-0.05, 0) is 78.9 Å². The molecule has 1 amide bonds. The van der Waals surface area contributed by atoms with E-state index in [1.165, 1.54) is 0 Å². The molecule has 0 aliphatic carbocycles. The van der Waals surface area contributed by atoms with Gasteiger partial charge in [0.25, 0.3) is 0 Å². The number of carbonyl (C=O) groups is 1. The Morgan fingerprint density at radius 3 is 2.37 bits per heavy atom. The maximum absolute atomic E-state index is 12.9. The maximum atomic E-state index is 12.9. The van der Waals surface area contributed by atoms with Gasteiger partial charge in [0.05, 0.1) is 16.6 Å². The van der Waals surface area contributed by atoms with E-state index in [2.05, 4.69) is 11.1 Å². The van der Waals surface area contributed by atoms with Gasteiger partial charge in [0.1, 0.15) is 0 Å². The summed E-state index contributed by atoms with van der Waals surface area (Å²) in [6, 6.07) is 16.8. The number of fused-ring (bicyclic) bond motifs is 1. The van der Waals surface area contributed by atoms with Gasteiger partial charge in [0, 0.05) is 24.6 Å². The zero-order valence-corrected chi connectivity index (χ0v) is 17.9. The second kappa shape index (κ2) is 8.03. The Morgan fingerprint density at radius 1 is 1.00 bits per heavy atom. The Labute approximate surface area is 177 Å². The minimum absolute atomic E-state index is 0.0184. The van der Waals surface area contributed by atoms with E-state index in [1.54, 1.807) is 50.5 Å². The predicted molar refractivity (Wildman–Crippen MR) is 118 cm³/mol. The molecule has 3 aromatic rings. The minimum atomic E-state index is -3.30. The molecule has 0 saturated heterocycles. The standard InChI is InChI=1S/C24H24N2O3S/c1-17(2)30(28,29)22-6-3-18(4-7-22)15-24(27)26-14-11-21-16-20(5-8-23(21)26)19-9-12-25-13-10-19/h3-10,12-13,16-17H,11,14-15H2,1-2H3.